The average molecular weight is 240 g/mol. The van der Waals surface area contributed by atoms with Crippen LogP contribution in [0.5, 0.6) is 0 Å². The lowest BCUT2D eigenvalue weighted by Crippen LogP contribution is -2.43. The van der Waals surface area contributed by atoms with Gasteiger partial charge in [-0.25, -0.2) is 0 Å². The third-order valence-corrected chi connectivity index (χ3v) is 4.43. The minimum absolute atomic E-state index is 0.860. The predicted molar refractivity (Wildman–Crippen MR) is 76.5 cm³/mol. The van der Waals surface area contributed by atoms with Crippen LogP contribution in [0.1, 0.15) is 53.4 Å². The summed E-state index contributed by atoms with van der Waals surface area (Å²) in [4.78, 5) is 5.25. The Labute approximate surface area is 108 Å². The van der Waals surface area contributed by atoms with Crippen LogP contribution in [0.15, 0.2) is 0 Å². The molecule has 0 spiro atoms. The van der Waals surface area contributed by atoms with Crippen molar-refractivity contribution in [1.29, 1.82) is 0 Å². The fraction of sp³-hybridized carbons (Fsp3) is 1.00. The molecule has 102 valence electrons. The van der Waals surface area contributed by atoms with Crippen LogP contribution in [0.25, 0.3) is 0 Å². The maximum atomic E-state index is 2.72. The van der Waals surface area contributed by atoms with Crippen molar-refractivity contribution < 1.29 is 0 Å². The first-order chi connectivity index (χ1) is 8.21. The molecule has 0 amide bonds. The van der Waals surface area contributed by atoms with E-state index in [2.05, 4.69) is 37.5 Å². The molecule has 0 aromatic heterocycles. The summed E-state index contributed by atoms with van der Waals surface area (Å²) in [5, 5.41) is 0. The average Bonchev–Trinajstić information content (AvgIpc) is 2.35. The zero-order chi connectivity index (χ0) is 12.7. The van der Waals surface area contributed by atoms with Gasteiger partial charge in [0, 0.05) is 19.1 Å². The van der Waals surface area contributed by atoms with Crippen LogP contribution < -0.4 is 0 Å². The van der Waals surface area contributed by atoms with Crippen molar-refractivity contribution in [2.45, 2.75) is 59.4 Å². The number of hydrogen-bond donors (Lipinski definition) is 0. The van der Waals surface area contributed by atoms with Gasteiger partial charge in [0.05, 0.1) is 0 Å². The van der Waals surface area contributed by atoms with Crippen molar-refractivity contribution in [3.05, 3.63) is 0 Å². The largest absolute Gasteiger partial charge is 0.303 e. The molecule has 1 saturated carbocycles. The quantitative estimate of drug-likeness (QED) is 0.674. The number of hydrogen-bond acceptors (Lipinski definition) is 2. The lowest BCUT2D eigenvalue weighted by atomic mass is 9.86. The Morgan fingerprint density at radius 1 is 0.941 bits per heavy atom. The molecule has 17 heavy (non-hydrogen) atoms. The summed E-state index contributed by atoms with van der Waals surface area (Å²) in [7, 11) is 0. The lowest BCUT2D eigenvalue weighted by molar-refractivity contribution is 0.124. The van der Waals surface area contributed by atoms with E-state index >= 15 is 0 Å². The first-order valence-electron chi connectivity index (χ1n) is 7.67. The van der Waals surface area contributed by atoms with Gasteiger partial charge in [0.15, 0.2) is 0 Å². The minimum atomic E-state index is 0.860. The van der Waals surface area contributed by atoms with Gasteiger partial charge in [-0.1, -0.05) is 40.5 Å². The van der Waals surface area contributed by atoms with Gasteiger partial charge < -0.3 is 4.90 Å². The molecule has 2 atom stereocenters. The lowest BCUT2D eigenvalue weighted by Gasteiger charge is -2.37. The Balaban J connectivity index is 2.36. The molecule has 2 heteroatoms. The van der Waals surface area contributed by atoms with Gasteiger partial charge in [0.1, 0.15) is 0 Å². The fourth-order valence-electron chi connectivity index (χ4n) is 3.14. The zero-order valence-corrected chi connectivity index (χ0v) is 12.4. The molecule has 1 aliphatic rings. The normalized spacial score (nSPS) is 25.8. The smallest absolute Gasteiger partial charge is 0.0112 e. The van der Waals surface area contributed by atoms with E-state index in [1.165, 1.54) is 58.4 Å². The van der Waals surface area contributed by atoms with Crippen LogP contribution in [0.4, 0.5) is 0 Å². The predicted octanol–water partition coefficient (Wildman–Crippen LogP) is 3.23. The molecule has 0 N–H and O–H groups in total. The molecule has 0 aromatic rings. The van der Waals surface area contributed by atoms with Gasteiger partial charge in [-0.05, 0) is 38.4 Å². The standard InChI is InChI=1S/C15H32N2/c1-5-16(6-2)11-12-17(7-3)15-10-8-9-14(4)13-15/h14-15H,5-13H2,1-4H3/t14-,15-/m1/s1. The molecule has 0 aromatic carbocycles. The third-order valence-electron chi connectivity index (χ3n) is 4.43. The van der Waals surface area contributed by atoms with Crippen molar-refractivity contribution in [3.8, 4) is 0 Å². The molecular formula is C15H32N2. The highest BCUT2D eigenvalue weighted by Gasteiger charge is 2.23. The highest BCUT2D eigenvalue weighted by molar-refractivity contribution is 4.78. The fourth-order valence-corrected chi connectivity index (χ4v) is 3.14. The Morgan fingerprint density at radius 2 is 1.65 bits per heavy atom. The summed E-state index contributed by atoms with van der Waals surface area (Å²) in [6, 6.07) is 0.860. The van der Waals surface area contributed by atoms with Gasteiger partial charge in [0.25, 0.3) is 0 Å². The maximum Gasteiger partial charge on any atom is 0.0112 e. The molecule has 1 fully saturated rings. The molecule has 0 heterocycles. The molecule has 0 bridgehead atoms. The van der Waals surface area contributed by atoms with Crippen LogP contribution in [0, 0.1) is 5.92 Å². The Hall–Kier alpha value is -0.0800. The Bertz CT molecular complexity index is 189. The van der Waals surface area contributed by atoms with E-state index in [0.29, 0.717) is 0 Å². The second-order valence-electron chi connectivity index (χ2n) is 5.58. The van der Waals surface area contributed by atoms with Crippen LogP contribution >= 0.6 is 0 Å². The van der Waals surface area contributed by atoms with E-state index in [-0.39, 0.29) is 0 Å². The molecular weight excluding hydrogens is 208 g/mol. The van der Waals surface area contributed by atoms with Crippen molar-refractivity contribution in [1.82, 2.24) is 9.80 Å². The zero-order valence-electron chi connectivity index (χ0n) is 12.4. The van der Waals surface area contributed by atoms with Gasteiger partial charge >= 0.3 is 0 Å². The topological polar surface area (TPSA) is 6.48 Å². The summed E-state index contributed by atoms with van der Waals surface area (Å²) >= 11 is 0. The van der Waals surface area contributed by atoms with Crippen LogP contribution in [0.2, 0.25) is 0 Å². The second kappa shape index (κ2) is 8.10. The van der Waals surface area contributed by atoms with E-state index in [0.717, 1.165) is 12.0 Å². The monoisotopic (exact) mass is 240 g/mol. The van der Waals surface area contributed by atoms with Gasteiger partial charge in [-0.2, -0.15) is 0 Å². The van der Waals surface area contributed by atoms with Crippen molar-refractivity contribution in [3.63, 3.8) is 0 Å². The Kier molecular flexibility index (Phi) is 7.14. The van der Waals surface area contributed by atoms with Crippen molar-refractivity contribution in [2.75, 3.05) is 32.7 Å². The highest BCUT2D eigenvalue weighted by Crippen LogP contribution is 2.27. The molecule has 0 radical (unpaired) electrons. The summed E-state index contributed by atoms with van der Waals surface area (Å²) in [5.41, 5.74) is 0. The molecule has 1 aliphatic carbocycles. The Morgan fingerprint density at radius 3 is 2.18 bits per heavy atom. The number of nitrogens with zero attached hydrogens (tertiary/aromatic N) is 2. The SMILES string of the molecule is CCN(CC)CCN(CC)[C@@H]1CCC[C@@H](C)C1. The number of rotatable bonds is 7. The van der Waals surface area contributed by atoms with E-state index in [1.807, 2.05) is 0 Å². The maximum absolute atomic E-state index is 2.72. The van der Waals surface area contributed by atoms with Crippen LogP contribution in [-0.2, 0) is 0 Å². The number of likely N-dealkylation sites (N-methyl/N-ethyl adjacent to an activating group) is 2. The van der Waals surface area contributed by atoms with E-state index in [1.54, 1.807) is 0 Å². The van der Waals surface area contributed by atoms with Gasteiger partial charge in [0.2, 0.25) is 0 Å². The van der Waals surface area contributed by atoms with Crippen molar-refractivity contribution >= 4 is 0 Å². The van der Waals surface area contributed by atoms with Crippen LogP contribution in [-0.4, -0.2) is 48.6 Å². The van der Waals surface area contributed by atoms with Crippen LogP contribution in [0.3, 0.4) is 0 Å². The first-order valence-corrected chi connectivity index (χ1v) is 7.67. The molecule has 2 nitrogen and oxygen atoms in total. The summed E-state index contributed by atoms with van der Waals surface area (Å²) in [5.74, 6) is 0.941. The molecule has 0 aliphatic heterocycles. The third kappa shape index (κ3) is 4.97. The summed E-state index contributed by atoms with van der Waals surface area (Å²) in [6.45, 7) is 15.4. The second-order valence-corrected chi connectivity index (χ2v) is 5.58. The summed E-state index contributed by atoms with van der Waals surface area (Å²) in [6.07, 6.45) is 5.74. The highest BCUT2D eigenvalue weighted by atomic mass is 15.2. The van der Waals surface area contributed by atoms with Crippen molar-refractivity contribution in [2.24, 2.45) is 5.92 Å². The molecule has 0 unspecified atom stereocenters. The summed E-state index contributed by atoms with van der Waals surface area (Å²) < 4.78 is 0. The van der Waals surface area contributed by atoms with E-state index in [4.69, 9.17) is 0 Å². The molecule has 1 rings (SSSR count). The minimum Gasteiger partial charge on any atom is -0.303 e. The first kappa shape index (κ1) is 15.0. The van der Waals surface area contributed by atoms with E-state index in [9.17, 15) is 0 Å². The molecule has 0 saturated heterocycles. The van der Waals surface area contributed by atoms with Gasteiger partial charge in [-0.15, -0.1) is 0 Å². The van der Waals surface area contributed by atoms with Gasteiger partial charge in [-0.3, -0.25) is 4.90 Å². The van der Waals surface area contributed by atoms with E-state index < -0.39 is 0 Å².